The van der Waals surface area contributed by atoms with Crippen molar-refractivity contribution in [1.82, 2.24) is 14.9 Å². The van der Waals surface area contributed by atoms with Gasteiger partial charge in [0.15, 0.2) is 0 Å². The van der Waals surface area contributed by atoms with Crippen LogP contribution in [0, 0.1) is 6.92 Å². The number of nitrogens with zero attached hydrogens (tertiary/aromatic N) is 3. The van der Waals surface area contributed by atoms with Gasteiger partial charge in [-0.25, -0.2) is 4.98 Å². The molecule has 1 aliphatic rings. The number of piperazine rings is 1. The first-order valence-electron chi connectivity index (χ1n) is 10.3. The lowest BCUT2D eigenvalue weighted by molar-refractivity contribution is -0.116. The number of rotatable bonds is 5. The molecule has 2 aromatic carbocycles. The number of H-pyrrole nitrogens is 1. The molecule has 3 aromatic rings. The number of aryl methyl sites for hydroxylation is 2. The Labute approximate surface area is 175 Å². The van der Waals surface area contributed by atoms with Gasteiger partial charge in [0.2, 0.25) is 5.91 Å². The number of hydrogen-bond donors (Lipinski definition) is 2. The quantitative estimate of drug-likeness (QED) is 0.682. The highest BCUT2D eigenvalue weighted by Crippen LogP contribution is 2.24. The molecule has 1 amide bonds. The van der Waals surface area contributed by atoms with E-state index in [4.69, 9.17) is 0 Å². The number of para-hydroxylation sites is 1. The second-order valence-electron chi connectivity index (χ2n) is 7.87. The highest BCUT2D eigenvalue weighted by Gasteiger charge is 2.16. The van der Waals surface area contributed by atoms with Gasteiger partial charge in [0.25, 0.3) is 5.56 Å². The molecule has 1 aromatic heterocycles. The van der Waals surface area contributed by atoms with E-state index in [-0.39, 0.29) is 17.9 Å². The lowest BCUT2D eigenvalue weighted by Crippen LogP contribution is -2.44. The topological polar surface area (TPSA) is 81.3 Å². The number of fused-ring (bicyclic) bond motifs is 1. The first-order chi connectivity index (χ1) is 14.5. The number of carbonyl (C=O) groups excluding carboxylic acids is 1. The summed E-state index contributed by atoms with van der Waals surface area (Å²) in [7, 11) is 2.14. The molecule has 7 heteroatoms. The van der Waals surface area contributed by atoms with Crippen molar-refractivity contribution in [2.75, 3.05) is 43.4 Å². The smallest absolute Gasteiger partial charge is 0.258 e. The summed E-state index contributed by atoms with van der Waals surface area (Å²) in [6, 6.07) is 13.3. The zero-order valence-corrected chi connectivity index (χ0v) is 17.4. The Morgan fingerprint density at radius 3 is 2.67 bits per heavy atom. The van der Waals surface area contributed by atoms with Crippen molar-refractivity contribution < 1.29 is 4.79 Å². The molecule has 0 unspecified atom stereocenters. The molecule has 1 saturated heterocycles. The summed E-state index contributed by atoms with van der Waals surface area (Å²) >= 11 is 0. The Bertz CT molecular complexity index is 1120. The third kappa shape index (κ3) is 4.52. The van der Waals surface area contributed by atoms with Crippen LogP contribution in [-0.4, -0.2) is 54.0 Å². The molecule has 7 nitrogen and oxygen atoms in total. The molecule has 30 heavy (non-hydrogen) atoms. The van der Waals surface area contributed by atoms with Crippen molar-refractivity contribution >= 4 is 28.2 Å². The number of benzene rings is 2. The summed E-state index contributed by atoms with van der Waals surface area (Å²) in [6.45, 7) is 6.22. The summed E-state index contributed by atoms with van der Waals surface area (Å²) in [5.74, 6) is 0.424. The molecule has 2 N–H and O–H groups in total. The van der Waals surface area contributed by atoms with E-state index in [0.29, 0.717) is 23.1 Å². The highest BCUT2D eigenvalue weighted by molar-refractivity contribution is 5.91. The molecule has 0 saturated carbocycles. The summed E-state index contributed by atoms with van der Waals surface area (Å²) in [5, 5.41) is 3.51. The van der Waals surface area contributed by atoms with Crippen LogP contribution < -0.4 is 15.8 Å². The first-order valence-corrected chi connectivity index (χ1v) is 10.3. The molecule has 156 valence electrons. The predicted octanol–water partition coefficient (Wildman–Crippen LogP) is 2.55. The van der Waals surface area contributed by atoms with E-state index in [0.717, 1.165) is 37.4 Å². The zero-order valence-electron chi connectivity index (χ0n) is 17.4. The maximum Gasteiger partial charge on any atom is 0.258 e. The van der Waals surface area contributed by atoms with Crippen LogP contribution in [0.4, 0.5) is 11.4 Å². The van der Waals surface area contributed by atoms with E-state index in [9.17, 15) is 9.59 Å². The minimum atomic E-state index is -0.175. The van der Waals surface area contributed by atoms with Crippen LogP contribution in [-0.2, 0) is 11.2 Å². The number of anilines is 2. The normalized spacial score (nSPS) is 14.8. The molecular weight excluding hydrogens is 378 g/mol. The number of aromatic amines is 1. The number of amides is 1. The van der Waals surface area contributed by atoms with E-state index in [1.165, 1.54) is 5.69 Å². The third-order valence-electron chi connectivity index (χ3n) is 5.58. The van der Waals surface area contributed by atoms with Crippen molar-refractivity contribution in [3.63, 3.8) is 0 Å². The Kier molecular flexibility index (Phi) is 5.81. The maximum absolute atomic E-state index is 12.4. The van der Waals surface area contributed by atoms with Crippen LogP contribution in [0.2, 0.25) is 0 Å². The largest absolute Gasteiger partial charge is 0.369 e. The van der Waals surface area contributed by atoms with Gasteiger partial charge >= 0.3 is 0 Å². The molecular formula is C23H27N5O2. The van der Waals surface area contributed by atoms with Crippen molar-refractivity contribution in [2.45, 2.75) is 19.8 Å². The summed E-state index contributed by atoms with van der Waals surface area (Å²) < 4.78 is 0. The SMILES string of the molecule is Cc1cc(NC(=O)CCc2nc3ccccc3c(=O)[nH]2)ccc1N1CCN(C)CC1. The number of aromatic nitrogens is 2. The molecule has 0 spiro atoms. The van der Waals surface area contributed by atoms with Crippen LogP contribution in [0.25, 0.3) is 10.9 Å². The van der Waals surface area contributed by atoms with Crippen LogP contribution in [0.15, 0.2) is 47.3 Å². The fraction of sp³-hybridized carbons (Fsp3) is 0.348. The standard InChI is InChI=1S/C23H27N5O2/c1-16-15-17(7-8-20(16)28-13-11-27(2)12-14-28)24-22(29)10-9-21-25-19-6-4-3-5-18(19)23(30)26-21/h3-8,15H,9-14H2,1-2H3,(H,24,29)(H,25,26,30). The van der Waals surface area contributed by atoms with E-state index < -0.39 is 0 Å². The lowest BCUT2D eigenvalue weighted by atomic mass is 10.1. The molecule has 1 aliphatic heterocycles. The number of likely N-dealkylation sites (N-methyl/N-ethyl adjacent to an activating group) is 1. The molecule has 0 atom stereocenters. The van der Waals surface area contributed by atoms with E-state index in [1.807, 2.05) is 24.3 Å². The molecule has 4 rings (SSSR count). The third-order valence-corrected chi connectivity index (χ3v) is 5.58. The van der Waals surface area contributed by atoms with Gasteiger partial charge in [0.05, 0.1) is 10.9 Å². The molecule has 0 radical (unpaired) electrons. The second-order valence-corrected chi connectivity index (χ2v) is 7.87. The van der Waals surface area contributed by atoms with Gasteiger partial charge in [-0.05, 0) is 49.9 Å². The van der Waals surface area contributed by atoms with Crippen molar-refractivity contribution in [3.8, 4) is 0 Å². The molecule has 0 bridgehead atoms. The lowest BCUT2D eigenvalue weighted by Gasteiger charge is -2.35. The summed E-state index contributed by atoms with van der Waals surface area (Å²) in [5.41, 5.74) is 3.63. The van der Waals surface area contributed by atoms with Gasteiger partial charge in [-0.1, -0.05) is 12.1 Å². The van der Waals surface area contributed by atoms with Gasteiger partial charge in [0, 0.05) is 50.4 Å². The Hall–Kier alpha value is -3.19. The minimum absolute atomic E-state index is 0.0995. The van der Waals surface area contributed by atoms with Gasteiger partial charge in [-0.15, -0.1) is 0 Å². The van der Waals surface area contributed by atoms with E-state index in [2.05, 4.69) is 45.1 Å². The minimum Gasteiger partial charge on any atom is -0.369 e. The van der Waals surface area contributed by atoms with Crippen LogP contribution in [0.3, 0.4) is 0 Å². The number of carbonyl (C=O) groups is 1. The number of hydrogen-bond acceptors (Lipinski definition) is 5. The summed E-state index contributed by atoms with van der Waals surface area (Å²) in [4.78, 5) is 36.5. The Morgan fingerprint density at radius 2 is 1.90 bits per heavy atom. The second kappa shape index (κ2) is 8.67. The van der Waals surface area contributed by atoms with E-state index >= 15 is 0 Å². The van der Waals surface area contributed by atoms with Crippen molar-refractivity contribution in [3.05, 3.63) is 64.2 Å². The van der Waals surface area contributed by atoms with Crippen molar-refractivity contribution in [1.29, 1.82) is 0 Å². The molecule has 1 fully saturated rings. The maximum atomic E-state index is 12.4. The van der Waals surface area contributed by atoms with Crippen LogP contribution >= 0.6 is 0 Å². The molecule has 2 heterocycles. The predicted molar refractivity (Wildman–Crippen MR) is 120 cm³/mol. The first kappa shape index (κ1) is 20.1. The average Bonchev–Trinajstić information content (AvgIpc) is 2.73. The van der Waals surface area contributed by atoms with E-state index in [1.54, 1.807) is 12.1 Å². The van der Waals surface area contributed by atoms with Crippen LogP contribution in [0.5, 0.6) is 0 Å². The Balaban J connectivity index is 1.37. The summed E-state index contributed by atoms with van der Waals surface area (Å²) in [6.07, 6.45) is 0.630. The van der Waals surface area contributed by atoms with Gasteiger partial charge in [-0.3, -0.25) is 9.59 Å². The van der Waals surface area contributed by atoms with Gasteiger partial charge < -0.3 is 20.1 Å². The monoisotopic (exact) mass is 405 g/mol. The highest BCUT2D eigenvalue weighted by atomic mass is 16.1. The Morgan fingerprint density at radius 1 is 1.13 bits per heavy atom. The fourth-order valence-electron chi connectivity index (χ4n) is 3.84. The zero-order chi connectivity index (χ0) is 21.1. The van der Waals surface area contributed by atoms with Crippen molar-refractivity contribution in [2.24, 2.45) is 0 Å². The fourth-order valence-corrected chi connectivity index (χ4v) is 3.84. The van der Waals surface area contributed by atoms with Gasteiger partial charge in [0.1, 0.15) is 5.82 Å². The average molecular weight is 406 g/mol. The van der Waals surface area contributed by atoms with Gasteiger partial charge in [-0.2, -0.15) is 0 Å². The van der Waals surface area contributed by atoms with Crippen LogP contribution in [0.1, 0.15) is 17.8 Å². The number of nitrogens with one attached hydrogen (secondary N) is 2. The molecule has 0 aliphatic carbocycles.